The van der Waals surface area contributed by atoms with Gasteiger partial charge in [-0.1, -0.05) is 26.2 Å². The molecule has 0 unspecified atom stereocenters. The minimum atomic E-state index is -0.838. The number of ether oxygens (including phenoxy) is 2. The molecule has 0 spiro atoms. The highest BCUT2D eigenvalue weighted by Crippen LogP contribution is 2.52. The molecule has 4 rings (SSSR count). The minimum absolute atomic E-state index is 0.0489. The van der Waals surface area contributed by atoms with Gasteiger partial charge in [-0.05, 0) is 26.7 Å². The molecular formula is C23H32N2O7S. The fourth-order valence-corrected chi connectivity index (χ4v) is 6.83. The second-order valence-electron chi connectivity index (χ2n) is 9.82. The molecule has 33 heavy (non-hydrogen) atoms. The summed E-state index contributed by atoms with van der Waals surface area (Å²) < 4.78 is 10.6. The number of hydrogen-bond donors (Lipinski definition) is 2. The zero-order valence-electron chi connectivity index (χ0n) is 19.3. The lowest BCUT2D eigenvalue weighted by Gasteiger charge is -2.46. The summed E-state index contributed by atoms with van der Waals surface area (Å²) in [6.07, 6.45) is 4.04. The number of β-lactam (4-membered cyclic amide) rings is 1. The summed E-state index contributed by atoms with van der Waals surface area (Å²) in [5, 5.41) is 12.8. The molecule has 5 atom stereocenters. The quantitative estimate of drug-likeness (QED) is 0.321. The summed E-state index contributed by atoms with van der Waals surface area (Å²) in [6.45, 7) is 5.33. The van der Waals surface area contributed by atoms with Gasteiger partial charge in [0.1, 0.15) is 5.70 Å². The van der Waals surface area contributed by atoms with Crippen LogP contribution >= 0.6 is 11.8 Å². The Labute approximate surface area is 197 Å². The van der Waals surface area contributed by atoms with Gasteiger partial charge in [0.25, 0.3) is 0 Å². The second-order valence-corrected chi connectivity index (χ2v) is 11.2. The van der Waals surface area contributed by atoms with Crippen molar-refractivity contribution in [2.24, 2.45) is 17.3 Å². The highest BCUT2D eigenvalue weighted by Gasteiger charge is 2.60. The molecule has 0 aromatic rings. The molecule has 2 amide bonds. The third-order valence-corrected chi connectivity index (χ3v) is 8.85. The molecule has 3 heterocycles. The Morgan fingerprint density at radius 2 is 1.94 bits per heavy atom. The van der Waals surface area contributed by atoms with Crippen molar-refractivity contribution in [1.82, 2.24) is 10.2 Å². The van der Waals surface area contributed by atoms with Crippen LogP contribution in [-0.4, -0.2) is 64.5 Å². The van der Waals surface area contributed by atoms with Crippen LogP contribution in [0.5, 0.6) is 0 Å². The SMILES string of the molecule is C[C@@H](O)[C@H]1C(=O)N2C(C(=O)OCOC(=O)C3(C)CCCCC3)=C(S[C@H]3CNC(=O)C3)[C@H](C)[C@H]12. The van der Waals surface area contributed by atoms with Crippen molar-refractivity contribution in [2.75, 3.05) is 13.3 Å². The van der Waals surface area contributed by atoms with E-state index in [4.69, 9.17) is 9.47 Å². The summed E-state index contributed by atoms with van der Waals surface area (Å²) >= 11 is 1.40. The van der Waals surface area contributed by atoms with Crippen molar-refractivity contribution in [3.05, 3.63) is 10.6 Å². The van der Waals surface area contributed by atoms with Crippen LogP contribution in [0.2, 0.25) is 0 Å². The van der Waals surface area contributed by atoms with Gasteiger partial charge in [0.05, 0.1) is 23.5 Å². The van der Waals surface area contributed by atoms with E-state index < -0.39 is 30.2 Å². The number of rotatable bonds is 7. The van der Waals surface area contributed by atoms with Crippen LogP contribution in [0.4, 0.5) is 0 Å². The molecule has 3 aliphatic heterocycles. The molecule has 182 valence electrons. The van der Waals surface area contributed by atoms with Gasteiger partial charge < -0.3 is 24.8 Å². The first-order valence-electron chi connectivity index (χ1n) is 11.7. The predicted molar refractivity (Wildman–Crippen MR) is 119 cm³/mol. The molecule has 0 radical (unpaired) electrons. The Hall–Kier alpha value is -2.07. The van der Waals surface area contributed by atoms with E-state index in [9.17, 15) is 24.3 Å². The lowest BCUT2D eigenvalue weighted by molar-refractivity contribution is -0.177. The number of nitrogens with one attached hydrogen (secondary N) is 1. The summed E-state index contributed by atoms with van der Waals surface area (Å²) in [7, 11) is 0. The normalized spacial score (nSPS) is 31.6. The van der Waals surface area contributed by atoms with Crippen LogP contribution < -0.4 is 5.32 Å². The lowest BCUT2D eigenvalue weighted by Crippen LogP contribution is -2.63. The maximum atomic E-state index is 13.1. The number of thioether (sulfide) groups is 1. The van der Waals surface area contributed by atoms with Gasteiger partial charge in [-0.3, -0.25) is 14.4 Å². The van der Waals surface area contributed by atoms with Crippen LogP contribution in [0.3, 0.4) is 0 Å². The Kier molecular flexibility index (Phi) is 6.77. The van der Waals surface area contributed by atoms with Crippen LogP contribution in [0, 0.1) is 17.3 Å². The zero-order valence-corrected chi connectivity index (χ0v) is 20.1. The van der Waals surface area contributed by atoms with Gasteiger partial charge in [-0.2, -0.15) is 0 Å². The molecule has 0 bridgehead atoms. The third-order valence-electron chi connectivity index (χ3n) is 7.37. The Morgan fingerprint density at radius 1 is 1.24 bits per heavy atom. The number of aliphatic hydroxyl groups excluding tert-OH is 1. The number of esters is 2. The highest BCUT2D eigenvalue weighted by atomic mass is 32.2. The topological polar surface area (TPSA) is 122 Å². The van der Waals surface area contributed by atoms with E-state index in [-0.39, 0.29) is 40.7 Å². The van der Waals surface area contributed by atoms with Gasteiger partial charge in [0.15, 0.2) is 0 Å². The Balaban J connectivity index is 1.46. The standard InChI is InChI=1S/C23H32N2O7S/c1-12-17-16(13(2)26)20(28)25(17)18(19(12)33-14-9-15(27)24-10-14)21(29)31-11-32-22(30)23(3)7-5-4-6-8-23/h12-14,16-17,26H,4-11H2,1-3H3,(H,24,27)/t12-,13-,14-,16-,17-/m1/s1. The van der Waals surface area contributed by atoms with E-state index in [1.165, 1.54) is 16.7 Å². The molecule has 2 saturated heterocycles. The highest BCUT2D eigenvalue weighted by molar-refractivity contribution is 8.03. The van der Waals surface area contributed by atoms with E-state index >= 15 is 0 Å². The number of carbonyl (C=O) groups excluding carboxylic acids is 4. The number of amides is 2. The molecule has 0 aromatic heterocycles. The third kappa shape index (κ3) is 4.39. The van der Waals surface area contributed by atoms with Gasteiger partial charge in [-0.15, -0.1) is 11.8 Å². The first kappa shape index (κ1) is 24.1. The minimum Gasteiger partial charge on any atom is -0.427 e. The fraction of sp³-hybridized carbons (Fsp3) is 0.739. The second kappa shape index (κ2) is 9.29. The average Bonchev–Trinajstić information content (AvgIpc) is 3.27. The number of hydrogen-bond acceptors (Lipinski definition) is 8. The lowest BCUT2D eigenvalue weighted by atomic mass is 9.76. The molecule has 1 saturated carbocycles. The summed E-state index contributed by atoms with van der Waals surface area (Å²) in [6, 6.07) is -0.337. The molecule has 1 aliphatic carbocycles. The largest absolute Gasteiger partial charge is 0.427 e. The van der Waals surface area contributed by atoms with Crippen LogP contribution in [0.25, 0.3) is 0 Å². The van der Waals surface area contributed by atoms with Gasteiger partial charge in [-0.25, -0.2) is 4.79 Å². The first-order chi connectivity index (χ1) is 15.6. The van der Waals surface area contributed by atoms with E-state index in [0.29, 0.717) is 17.9 Å². The Morgan fingerprint density at radius 3 is 2.55 bits per heavy atom. The Bertz CT molecular complexity index is 880. The van der Waals surface area contributed by atoms with Gasteiger partial charge in [0.2, 0.25) is 18.6 Å². The van der Waals surface area contributed by atoms with Gasteiger partial charge in [0, 0.05) is 29.0 Å². The molecule has 3 fully saturated rings. The van der Waals surface area contributed by atoms with Crippen molar-refractivity contribution >= 4 is 35.5 Å². The van der Waals surface area contributed by atoms with E-state index in [2.05, 4.69) is 5.32 Å². The smallest absolute Gasteiger partial charge is 0.358 e. The fourth-order valence-electron chi connectivity index (χ4n) is 5.43. The van der Waals surface area contributed by atoms with E-state index in [0.717, 1.165) is 32.1 Å². The summed E-state index contributed by atoms with van der Waals surface area (Å²) in [4.78, 5) is 52.1. The molecule has 0 aromatic carbocycles. The van der Waals surface area contributed by atoms with Gasteiger partial charge >= 0.3 is 11.9 Å². The van der Waals surface area contributed by atoms with Crippen molar-refractivity contribution in [3.8, 4) is 0 Å². The van der Waals surface area contributed by atoms with E-state index in [1.54, 1.807) is 6.92 Å². The average molecular weight is 481 g/mol. The van der Waals surface area contributed by atoms with Crippen molar-refractivity contribution < 1.29 is 33.8 Å². The summed E-state index contributed by atoms with van der Waals surface area (Å²) in [5.41, 5.74) is -0.420. The van der Waals surface area contributed by atoms with Crippen molar-refractivity contribution in [2.45, 2.75) is 76.7 Å². The maximum Gasteiger partial charge on any atom is 0.358 e. The van der Waals surface area contributed by atoms with E-state index in [1.807, 2.05) is 13.8 Å². The first-order valence-corrected chi connectivity index (χ1v) is 12.5. The number of aliphatic hydroxyl groups is 1. The molecule has 2 N–H and O–H groups in total. The summed E-state index contributed by atoms with van der Waals surface area (Å²) in [5.74, 6) is -2.25. The molecule has 10 heteroatoms. The van der Waals surface area contributed by atoms with Crippen LogP contribution in [-0.2, 0) is 28.7 Å². The predicted octanol–water partition coefficient (Wildman–Crippen LogP) is 1.69. The number of fused-ring (bicyclic) bond motifs is 1. The van der Waals surface area contributed by atoms with Crippen molar-refractivity contribution in [3.63, 3.8) is 0 Å². The zero-order chi connectivity index (χ0) is 23.9. The molecule has 9 nitrogen and oxygen atoms in total. The van der Waals surface area contributed by atoms with Crippen LogP contribution in [0.15, 0.2) is 10.6 Å². The molecular weight excluding hydrogens is 448 g/mol. The molecule has 4 aliphatic rings. The monoisotopic (exact) mass is 480 g/mol. The number of carbonyl (C=O) groups is 4. The van der Waals surface area contributed by atoms with Crippen LogP contribution in [0.1, 0.15) is 59.3 Å². The number of nitrogens with zero attached hydrogens (tertiary/aromatic N) is 1. The van der Waals surface area contributed by atoms with Crippen molar-refractivity contribution in [1.29, 1.82) is 0 Å². The maximum absolute atomic E-state index is 13.1.